The normalized spacial score (nSPS) is 11.1. The molecule has 0 radical (unpaired) electrons. The standard InChI is InChI=1S/C17H16N2O6/c1-17(11-10-16(20)21,12-2-6-14(7-3-12)18(22)23)13-4-8-15(9-5-13)19(24)25/h2-9H,10-11H2,1H3,(H,20,21). The summed E-state index contributed by atoms with van der Waals surface area (Å²) in [6.45, 7) is 1.82. The van der Waals surface area contributed by atoms with Crippen molar-refractivity contribution in [2.24, 2.45) is 0 Å². The van der Waals surface area contributed by atoms with Crippen LogP contribution in [0.1, 0.15) is 30.9 Å². The Morgan fingerprint density at radius 2 is 1.28 bits per heavy atom. The van der Waals surface area contributed by atoms with Gasteiger partial charge in [0, 0.05) is 36.1 Å². The molecule has 0 atom stereocenters. The Bertz CT molecular complexity index is 741. The summed E-state index contributed by atoms with van der Waals surface area (Å²) in [5.74, 6) is -0.963. The highest BCUT2D eigenvalue weighted by Gasteiger charge is 2.30. The number of aliphatic carboxylic acids is 1. The zero-order valence-electron chi connectivity index (χ0n) is 13.4. The van der Waals surface area contributed by atoms with Gasteiger partial charge in [-0.1, -0.05) is 31.2 Å². The second kappa shape index (κ2) is 7.08. The molecule has 0 aliphatic carbocycles. The van der Waals surface area contributed by atoms with Crippen LogP contribution in [0, 0.1) is 20.2 Å². The molecule has 2 aromatic carbocycles. The van der Waals surface area contributed by atoms with Crippen molar-refractivity contribution in [3.05, 3.63) is 79.9 Å². The summed E-state index contributed by atoms with van der Waals surface area (Å²) >= 11 is 0. The average molecular weight is 344 g/mol. The van der Waals surface area contributed by atoms with Gasteiger partial charge >= 0.3 is 5.97 Å². The molecule has 0 aliphatic rings. The van der Waals surface area contributed by atoms with Gasteiger partial charge < -0.3 is 5.11 Å². The summed E-state index contributed by atoms with van der Waals surface area (Å²) in [5, 5.41) is 30.7. The van der Waals surface area contributed by atoms with E-state index in [0.717, 1.165) is 0 Å². The van der Waals surface area contributed by atoms with E-state index in [1.54, 1.807) is 24.3 Å². The quantitative estimate of drug-likeness (QED) is 0.603. The summed E-state index contributed by atoms with van der Waals surface area (Å²) in [7, 11) is 0. The Morgan fingerprint density at radius 1 is 0.920 bits per heavy atom. The van der Waals surface area contributed by atoms with Gasteiger partial charge in [0.2, 0.25) is 0 Å². The van der Waals surface area contributed by atoms with Gasteiger partial charge in [-0.15, -0.1) is 0 Å². The number of nitro benzene ring substituents is 2. The van der Waals surface area contributed by atoms with Crippen LogP contribution in [0.5, 0.6) is 0 Å². The van der Waals surface area contributed by atoms with Crippen molar-refractivity contribution in [2.45, 2.75) is 25.2 Å². The number of benzene rings is 2. The van der Waals surface area contributed by atoms with E-state index in [1.165, 1.54) is 24.3 Å². The fourth-order valence-electron chi connectivity index (χ4n) is 2.71. The van der Waals surface area contributed by atoms with Gasteiger partial charge in [0.25, 0.3) is 11.4 Å². The van der Waals surface area contributed by atoms with Gasteiger partial charge in [-0.25, -0.2) is 0 Å². The van der Waals surface area contributed by atoms with Gasteiger partial charge in [-0.2, -0.15) is 0 Å². The first-order valence-electron chi connectivity index (χ1n) is 7.46. The molecule has 0 saturated carbocycles. The third kappa shape index (κ3) is 3.97. The average Bonchev–Trinajstić information content (AvgIpc) is 2.59. The molecule has 0 fully saturated rings. The Kier molecular flexibility index (Phi) is 5.11. The maximum atomic E-state index is 11.0. The van der Waals surface area contributed by atoms with E-state index in [1.807, 2.05) is 6.92 Å². The Hall–Kier alpha value is -3.29. The number of carbonyl (C=O) groups is 1. The first kappa shape index (κ1) is 18.1. The smallest absolute Gasteiger partial charge is 0.303 e. The largest absolute Gasteiger partial charge is 0.481 e. The minimum atomic E-state index is -0.963. The maximum absolute atomic E-state index is 11.0. The molecule has 0 unspecified atom stereocenters. The molecule has 0 bridgehead atoms. The maximum Gasteiger partial charge on any atom is 0.303 e. The predicted molar refractivity (Wildman–Crippen MR) is 89.5 cm³/mol. The fraction of sp³-hybridized carbons (Fsp3) is 0.235. The van der Waals surface area contributed by atoms with Crippen LogP contribution in [-0.2, 0) is 10.2 Å². The topological polar surface area (TPSA) is 124 Å². The lowest BCUT2D eigenvalue weighted by Gasteiger charge is -2.30. The molecule has 25 heavy (non-hydrogen) atoms. The van der Waals surface area contributed by atoms with Crippen molar-refractivity contribution in [3.8, 4) is 0 Å². The highest BCUT2D eigenvalue weighted by atomic mass is 16.6. The number of nitrogens with zero attached hydrogens (tertiary/aromatic N) is 2. The fourth-order valence-corrected chi connectivity index (χ4v) is 2.71. The summed E-state index contributed by atoms with van der Waals surface area (Å²) in [6, 6.07) is 11.8. The van der Waals surface area contributed by atoms with Crippen LogP contribution in [0.2, 0.25) is 0 Å². The van der Waals surface area contributed by atoms with Crippen molar-refractivity contribution in [1.82, 2.24) is 0 Å². The van der Waals surface area contributed by atoms with Gasteiger partial charge in [0.15, 0.2) is 0 Å². The Labute approximate surface area is 143 Å². The molecule has 0 aliphatic heterocycles. The van der Waals surface area contributed by atoms with Crippen molar-refractivity contribution >= 4 is 17.3 Å². The van der Waals surface area contributed by atoms with E-state index >= 15 is 0 Å². The third-order valence-electron chi connectivity index (χ3n) is 4.27. The Morgan fingerprint density at radius 3 is 1.56 bits per heavy atom. The van der Waals surface area contributed by atoms with E-state index in [4.69, 9.17) is 5.11 Å². The summed E-state index contributed by atoms with van der Waals surface area (Å²) in [6.07, 6.45) is 0.141. The van der Waals surface area contributed by atoms with Gasteiger partial charge in [-0.05, 0) is 17.5 Å². The van der Waals surface area contributed by atoms with Gasteiger partial charge in [0.05, 0.1) is 9.85 Å². The number of rotatable bonds is 7. The van der Waals surface area contributed by atoms with Gasteiger partial charge in [-0.3, -0.25) is 25.0 Å². The molecule has 130 valence electrons. The van der Waals surface area contributed by atoms with Gasteiger partial charge in [0.1, 0.15) is 0 Å². The monoisotopic (exact) mass is 344 g/mol. The lowest BCUT2D eigenvalue weighted by Crippen LogP contribution is -2.25. The number of hydrogen-bond donors (Lipinski definition) is 1. The van der Waals surface area contributed by atoms with Crippen LogP contribution in [0.15, 0.2) is 48.5 Å². The number of hydrogen-bond acceptors (Lipinski definition) is 5. The number of carboxylic acids is 1. The number of non-ortho nitro benzene ring substituents is 2. The van der Waals surface area contributed by atoms with Crippen molar-refractivity contribution in [1.29, 1.82) is 0 Å². The van der Waals surface area contributed by atoms with E-state index in [2.05, 4.69) is 0 Å². The minimum Gasteiger partial charge on any atom is -0.481 e. The van der Waals surface area contributed by atoms with E-state index in [9.17, 15) is 25.0 Å². The van der Waals surface area contributed by atoms with Crippen LogP contribution >= 0.6 is 0 Å². The third-order valence-corrected chi connectivity index (χ3v) is 4.27. The second-order valence-corrected chi connectivity index (χ2v) is 5.83. The molecule has 8 nitrogen and oxygen atoms in total. The number of nitro groups is 2. The summed E-state index contributed by atoms with van der Waals surface area (Å²) in [4.78, 5) is 31.6. The molecular formula is C17H16N2O6. The molecule has 0 saturated heterocycles. The lowest BCUT2D eigenvalue weighted by atomic mass is 9.73. The van der Waals surface area contributed by atoms with Crippen LogP contribution in [0.4, 0.5) is 11.4 Å². The summed E-state index contributed by atoms with van der Waals surface area (Å²) in [5.41, 5.74) is 0.533. The molecule has 2 aromatic rings. The highest BCUT2D eigenvalue weighted by Crippen LogP contribution is 2.37. The summed E-state index contributed by atoms with van der Waals surface area (Å²) < 4.78 is 0. The van der Waals surface area contributed by atoms with E-state index in [0.29, 0.717) is 11.1 Å². The zero-order valence-corrected chi connectivity index (χ0v) is 13.4. The minimum absolute atomic E-state index is 0.0620. The Balaban J connectivity index is 2.47. The second-order valence-electron chi connectivity index (χ2n) is 5.83. The predicted octanol–water partition coefficient (Wildman–Crippen LogP) is 3.67. The van der Waals surface area contributed by atoms with E-state index in [-0.39, 0.29) is 24.2 Å². The van der Waals surface area contributed by atoms with Crippen molar-refractivity contribution < 1.29 is 19.7 Å². The number of carboxylic acid groups (broad SMARTS) is 1. The molecule has 0 amide bonds. The van der Waals surface area contributed by atoms with Crippen LogP contribution in [-0.4, -0.2) is 20.9 Å². The first-order valence-corrected chi connectivity index (χ1v) is 7.46. The van der Waals surface area contributed by atoms with Crippen LogP contribution in [0.3, 0.4) is 0 Å². The van der Waals surface area contributed by atoms with Crippen LogP contribution in [0.25, 0.3) is 0 Å². The molecule has 0 heterocycles. The zero-order chi connectivity index (χ0) is 18.6. The van der Waals surface area contributed by atoms with E-state index < -0.39 is 21.2 Å². The molecule has 0 spiro atoms. The lowest BCUT2D eigenvalue weighted by molar-refractivity contribution is -0.385. The van der Waals surface area contributed by atoms with Crippen LogP contribution < -0.4 is 0 Å². The van der Waals surface area contributed by atoms with Crippen molar-refractivity contribution in [3.63, 3.8) is 0 Å². The SMILES string of the molecule is CC(CCC(=O)O)(c1ccc([N+](=O)[O-])cc1)c1ccc([N+](=O)[O-])cc1. The highest BCUT2D eigenvalue weighted by molar-refractivity contribution is 5.67. The molecule has 1 N–H and O–H groups in total. The molecule has 8 heteroatoms. The molecule has 2 rings (SSSR count). The molecule has 0 aromatic heterocycles. The first-order chi connectivity index (χ1) is 11.7. The van der Waals surface area contributed by atoms with Crippen molar-refractivity contribution in [2.75, 3.05) is 0 Å². The molecular weight excluding hydrogens is 328 g/mol.